The molecule has 0 aliphatic heterocycles. The van der Waals surface area contributed by atoms with Gasteiger partial charge in [0.05, 0.1) is 0 Å². The average Bonchev–Trinajstić information content (AvgIpc) is 2.18. The van der Waals surface area contributed by atoms with E-state index in [-0.39, 0.29) is 0 Å². The van der Waals surface area contributed by atoms with E-state index in [1.807, 2.05) is 0 Å². The van der Waals surface area contributed by atoms with E-state index >= 15 is 0 Å². The van der Waals surface area contributed by atoms with E-state index in [9.17, 15) is 0 Å². The second kappa shape index (κ2) is 10.5. The molecule has 0 rings (SSSR count). The first-order valence-corrected chi connectivity index (χ1v) is 7.20. The fourth-order valence-corrected chi connectivity index (χ4v) is 2.34. The normalized spacial score (nSPS) is 15.2. The highest BCUT2D eigenvalue weighted by Gasteiger charge is 2.04. The summed E-state index contributed by atoms with van der Waals surface area (Å²) >= 11 is 0. The van der Waals surface area contributed by atoms with Crippen LogP contribution >= 0.6 is 0 Å². The summed E-state index contributed by atoms with van der Waals surface area (Å²) < 4.78 is 0. The van der Waals surface area contributed by atoms with Gasteiger partial charge in [0.15, 0.2) is 0 Å². The van der Waals surface area contributed by atoms with Crippen LogP contribution in [0.25, 0.3) is 0 Å². The highest BCUT2D eigenvalue weighted by molar-refractivity contribution is 4.57. The molecule has 0 amide bonds. The number of hydrogen-bond acceptors (Lipinski definition) is 0. The van der Waals surface area contributed by atoms with Crippen LogP contribution in [0.4, 0.5) is 0 Å². The lowest BCUT2D eigenvalue weighted by atomic mass is 9.93. The van der Waals surface area contributed by atoms with Crippen molar-refractivity contribution in [1.29, 1.82) is 0 Å². The van der Waals surface area contributed by atoms with Crippen molar-refractivity contribution in [1.82, 2.24) is 0 Å². The maximum atomic E-state index is 2.43. The van der Waals surface area contributed by atoms with Crippen LogP contribution in [-0.4, -0.2) is 0 Å². The van der Waals surface area contributed by atoms with Crippen molar-refractivity contribution in [3.8, 4) is 0 Å². The summed E-state index contributed by atoms with van der Waals surface area (Å²) in [5.41, 5.74) is 0. The van der Waals surface area contributed by atoms with Gasteiger partial charge < -0.3 is 0 Å². The molecule has 0 saturated heterocycles. The van der Waals surface area contributed by atoms with Gasteiger partial charge in [-0.2, -0.15) is 0 Å². The summed E-state index contributed by atoms with van der Waals surface area (Å²) in [6.07, 6.45) is 12.8. The van der Waals surface area contributed by atoms with Crippen molar-refractivity contribution in [3.63, 3.8) is 0 Å². The molecule has 0 heterocycles. The fourth-order valence-electron chi connectivity index (χ4n) is 2.34. The topological polar surface area (TPSA) is 0 Å². The second-order valence-electron chi connectivity index (χ2n) is 5.43. The Balaban J connectivity index is 3.26. The lowest BCUT2D eigenvalue weighted by Crippen LogP contribution is -1.98. The fraction of sp³-hybridized carbons (Fsp3) is 1.00. The quantitative estimate of drug-likeness (QED) is 0.401. The Morgan fingerprint density at radius 3 is 1.67 bits per heavy atom. The van der Waals surface area contributed by atoms with Crippen molar-refractivity contribution in [2.24, 2.45) is 11.8 Å². The molecule has 0 bridgehead atoms. The average molecular weight is 212 g/mol. The molecular weight excluding hydrogens is 180 g/mol. The minimum absolute atomic E-state index is 0.956. The molecule has 0 radical (unpaired) electrons. The van der Waals surface area contributed by atoms with Crippen LogP contribution in [0.2, 0.25) is 0 Å². The van der Waals surface area contributed by atoms with Gasteiger partial charge in [-0.3, -0.25) is 0 Å². The van der Waals surface area contributed by atoms with E-state index in [0.717, 1.165) is 11.8 Å². The first-order chi connectivity index (χ1) is 7.20. The molecule has 0 N–H and O–H groups in total. The first kappa shape index (κ1) is 15.0. The summed E-state index contributed by atoms with van der Waals surface area (Å²) in [5.74, 6) is 1.92. The van der Waals surface area contributed by atoms with Crippen LogP contribution < -0.4 is 0 Å². The molecule has 2 atom stereocenters. The van der Waals surface area contributed by atoms with E-state index in [0.29, 0.717) is 0 Å². The lowest BCUT2D eigenvalue weighted by molar-refractivity contribution is 0.400. The van der Waals surface area contributed by atoms with Gasteiger partial charge in [-0.25, -0.2) is 0 Å². The zero-order chi connectivity index (χ0) is 11.5. The van der Waals surface area contributed by atoms with Crippen LogP contribution in [0, 0.1) is 11.8 Å². The number of unbranched alkanes of at least 4 members (excludes halogenated alkanes) is 2. The van der Waals surface area contributed by atoms with Crippen LogP contribution in [0.3, 0.4) is 0 Å². The SMILES string of the molecule is CCCCCC(C)CCCC(C)CCC. The lowest BCUT2D eigenvalue weighted by Gasteiger charge is -2.13. The Kier molecular flexibility index (Phi) is 10.5. The van der Waals surface area contributed by atoms with Gasteiger partial charge in [0, 0.05) is 0 Å². The predicted octanol–water partition coefficient (Wildman–Crippen LogP) is 5.81. The largest absolute Gasteiger partial charge is 0.0654 e. The molecule has 0 aliphatic rings. The van der Waals surface area contributed by atoms with Crippen molar-refractivity contribution in [2.75, 3.05) is 0 Å². The molecule has 0 nitrogen and oxygen atoms in total. The third-order valence-electron chi connectivity index (χ3n) is 3.48. The molecule has 2 unspecified atom stereocenters. The molecule has 15 heavy (non-hydrogen) atoms. The minimum atomic E-state index is 0.956. The van der Waals surface area contributed by atoms with Gasteiger partial charge in [0.1, 0.15) is 0 Å². The van der Waals surface area contributed by atoms with Crippen LogP contribution in [0.15, 0.2) is 0 Å². The van der Waals surface area contributed by atoms with E-state index in [2.05, 4.69) is 27.7 Å². The zero-order valence-electron chi connectivity index (χ0n) is 11.5. The Bertz CT molecular complexity index is 117. The van der Waals surface area contributed by atoms with Crippen LogP contribution in [-0.2, 0) is 0 Å². The van der Waals surface area contributed by atoms with E-state index in [4.69, 9.17) is 0 Å². The van der Waals surface area contributed by atoms with Crippen molar-refractivity contribution in [3.05, 3.63) is 0 Å². The standard InChI is InChI=1S/C15H32/c1-5-7-8-11-15(4)13-9-12-14(3)10-6-2/h14-15H,5-13H2,1-4H3. The summed E-state index contributed by atoms with van der Waals surface area (Å²) in [6.45, 7) is 9.42. The van der Waals surface area contributed by atoms with Crippen molar-refractivity contribution >= 4 is 0 Å². The molecule has 0 saturated carbocycles. The Morgan fingerprint density at radius 2 is 1.13 bits per heavy atom. The summed E-state index contributed by atoms with van der Waals surface area (Å²) in [7, 11) is 0. The third-order valence-corrected chi connectivity index (χ3v) is 3.48. The second-order valence-corrected chi connectivity index (χ2v) is 5.43. The van der Waals surface area contributed by atoms with Crippen molar-refractivity contribution in [2.45, 2.75) is 85.5 Å². The summed E-state index contributed by atoms with van der Waals surface area (Å²) in [5, 5.41) is 0. The highest BCUT2D eigenvalue weighted by atomic mass is 14.1. The molecule has 92 valence electrons. The third kappa shape index (κ3) is 10.3. The first-order valence-electron chi connectivity index (χ1n) is 7.20. The van der Waals surface area contributed by atoms with Gasteiger partial charge >= 0.3 is 0 Å². The zero-order valence-corrected chi connectivity index (χ0v) is 11.5. The van der Waals surface area contributed by atoms with Gasteiger partial charge in [-0.05, 0) is 11.8 Å². The van der Waals surface area contributed by atoms with E-state index in [1.165, 1.54) is 57.8 Å². The summed E-state index contributed by atoms with van der Waals surface area (Å²) in [6, 6.07) is 0. The van der Waals surface area contributed by atoms with Gasteiger partial charge in [-0.1, -0.05) is 85.5 Å². The van der Waals surface area contributed by atoms with Gasteiger partial charge in [-0.15, -0.1) is 0 Å². The molecule has 0 aromatic heterocycles. The van der Waals surface area contributed by atoms with Crippen LogP contribution in [0.1, 0.15) is 85.5 Å². The van der Waals surface area contributed by atoms with E-state index in [1.54, 1.807) is 0 Å². The Labute approximate surface area is 97.8 Å². The molecule has 0 spiro atoms. The smallest absolute Gasteiger partial charge is 0.0443 e. The summed E-state index contributed by atoms with van der Waals surface area (Å²) in [4.78, 5) is 0. The molecular formula is C15H32. The molecule has 0 heteroatoms. The Hall–Kier alpha value is 0. The molecule has 0 aromatic carbocycles. The highest BCUT2D eigenvalue weighted by Crippen LogP contribution is 2.19. The molecule has 0 fully saturated rings. The predicted molar refractivity (Wildman–Crippen MR) is 71.2 cm³/mol. The Morgan fingerprint density at radius 1 is 0.600 bits per heavy atom. The number of rotatable bonds is 10. The monoisotopic (exact) mass is 212 g/mol. The molecule has 0 aliphatic carbocycles. The maximum absolute atomic E-state index is 2.43. The minimum Gasteiger partial charge on any atom is -0.0654 e. The van der Waals surface area contributed by atoms with Gasteiger partial charge in [0.25, 0.3) is 0 Å². The number of hydrogen-bond donors (Lipinski definition) is 0. The maximum Gasteiger partial charge on any atom is -0.0443 e. The van der Waals surface area contributed by atoms with E-state index < -0.39 is 0 Å². The molecule has 0 aromatic rings. The van der Waals surface area contributed by atoms with Gasteiger partial charge in [0.2, 0.25) is 0 Å². The van der Waals surface area contributed by atoms with Crippen molar-refractivity contribution < 1.29 is 0 Å². The van der Waals surface area contributed by atoms with Crippen LogP contribution in [0.5, 0.6) is 0 Å².